The number of aliphatic imine (C=N–C) groups is 2. The molecule has 3 heteroatoms. The van der Waals surface area contributed by atoms with Crippen molar-refractivity contribution in [2.24, 2.45) is 9.98 Å². The predicted molar refractivity (Wildman–Crippen MR) is 26.9 cm³/mol. The van der Waals surface area contributed by atoms with Crippen molar-refractivity contribution in [2.75, 3.05) is 6.54 Å². The monoisotopic (exact) mass is 96.0 g/mol. The van der Waals surface area contributed by atoms with Crippen LogP contribution in [0.5, 0.6) is 0 Å². The number of rotatable bonds is 0. The highest BCUT2D eigenvalue weighted by Gasteiger charge is 1.94. The van der Waals surface area contributed by atoms with E-state index < -0.39 is 0 Å². The van der Waals surface area contributed by atoms with Crippen LogP contribution >= 0.6 is 0 Å². The maximum atomic E-state index is 10.2. The Morgan fingerprint density at radius 2 is 2.57 bits per heavy atom. The Morgan fingerprint density at radius 3 is 2.86 bits per heavy atom. The molecule has 0 N–H and O–H groups in total. The molecule has 0 radical (unpaired) electrons. The zero-order valence-corrected chi connectivity index (χ0v) is 3.66. The van der Waals surface area contributed by atoms with E-state index in [-0.39, 0.29) is 12.3 Å². The molecule has 0 atom stereocenters. The first kappa shape index (κ1) is 4.18. The molecule has 0 aromatic heterocycles. The molecule has 0 unspecified atom stereocenters. The highest BCUT2D eigenvalue weighted by molar-refractivity contribution is 6.30. The summed E-state index contributed by atoms with van der Waals surface area (Å²) in [4.78, 5) is 17.3. The maximum absolute atomic E-state index is 10.2. The van der Waals surface area contributed by atoms with E-state index >= 15 is 0 Å². The molecule has 0 aromatic carbocycles. The minimum Gasteiger partial charge on any atom is -0.291 e. The van der Waals surface area contributed by atoms with Gasteiger partial charge in [0, 0.05) is 0 Å². The molecule has 0 saturated carbocycles. The first-order valence-corrected chi connectivity index (χ1v) is 1.94. The van der Waals surface area contributed by atoms with E-state index in [0.29, 0.717) is 0 Å². The Labute approximate surface area is 40.8 Å². The molecule has 0 bridgehead atoms. The van der Waals surface area contributed by atoms with Gasteiger partial charge in [-0.3, -0.25) is 9.79 Å². The number of carbonyl (C=O) groups excluding carboxylic acids is 1. The fraction of sp³-hybridized carbons (Fsp3) is 0.250. The molecule has 1 aliphatic rings. The van der Waals surface area contributed by atoms with E-state index in [1.165, 1.54) is 12.6 Å². The summed E-state index contributed by atoms with van der Waals surface area (Å²) in [6, 6.07) is 0. The quantitative estimate of drug-likeness (QED) is 0.407. The molecule has 0 aromatic rings. The van der Waals surface area contributed by atoms with Gasteiger partial charge in [-0.25, -0.2) is 4.99 Å². The van der Waals surface area contributed by atoms with Crippen LogP contribution < -0.4 is 0 Å². The lowest BCUT2D eigenvalue weighted by atomic mass is 10.4. The van der Waals surface area contributed by atoms with Crippen molar-refractivity contribution in [1.82, 2.24) is 0 Å². The largest absolute Gasteiger partial charge is 0.291 e. The molecule has 0 spiro atoms. The van der Waals surface area contributed by atoms with Crippen LogP contribution in [0, 0.1) is 0 Å². The number of nitrogens with zero attached hydrogens (tertiary/aromatic N) is 2. The summed E-state index contributed by atoms with van der Waals surface area (Å²) in [5.74, 6) is -0.0255. The van der Waals surface area contributed by atoms with Gasteiger partial charge >= 0.3 is 0 Å². The molecule has 36 valence electrons. The maximum Gasteiger partial charge on any atom is 0.195 e. The minimum atomic E-state index is -0.0255. The number of carbonyl (C=O) groups is 1. The highest BCUT2D eigenvalue weighted by Crippen LogP contribution is 1.76. The number of ketones is 1. The van der Waals surface area contributed by atoms with Gasteiger partial charge in [0.2, 0.25) is 0 Å². The molecular formula is C4H4N2O. The van der Waals surface area contributed by atoms with Crippen LogP contribution in [0.15, 0.2) is 9.98 Å². The standard InChI is InChI=1S/C4H4N2O/c7-4-1-5-3-6-2-4/h1,3H,2H2. The third-order valence-electron chi connectivity index (χ3n) is 0.614. The SMILES string of the molecule is O=C1C=NC=NC1. The molecule has 1 rings (SSSR count). The molecule has 7 heavy (non-hydrogen) atoms. The van der Waals surface area contributed by atoms with Gasteiger partial charge in [0.25, 0.3) is 0 Å². The van der Waals surface area contributed by atoms with Crippen molar-refractivity contribution in [3.63, 3.8) is 0 Å². The van der Waals surface area contributed by atoms with Gasteiger partial charge in [-0.05, 0) is 0 Å². The first-order valence-electron chi connectivity index (χ1n) is 1.94. The smallest absolute Gasteiger partial charge is 0.195 e. The van der Waals surface area contributed by atoms with Crippen LogP contribution in [-0.4, -0.2) is 24.9 Å². The molecule has 1 aliphatic heterocycles. The lowest BCUT2D eigenvalue weighted by Gasteiger charge is -1.88. The summed E-state index contributed by atoms with van der Waals surface area (Å²) < 4.78 is 0. The van der Waals surface area contributed by atoms with Crippen LogP contribution in [0.25, 0.3) is 0 Å². The lowest BCUT2D eigenvalue weighted by molar-refractivity contribution is -0.111. The second-order valence-electron chi connectivity index (χ2n) is 1.20. The zero-order valence-electron chi connectivity index (χ0n) is 3.66. The van der Waals surface area contributed by atoms with E-state index in [1.54, 1.807) is 0 Å². The summed E-state index contributed by atoms with van der Waals surface area (Å²) in [6.45, 7) is 0.267. The van der Waals surface area contributed by atoms with Gasteiger partial charge in [-0.2, -0.15) is 0 Å². The number of hydrogen-bond acceptors (Lipinski definition) is 3. The summed E-state index contributed by atoms with van der Waals surface area (Å²) in [5, 5.41) is 0. The topological polar surface area (TPSA) is 41.8 Å². The van der Waals surface area contributed by atoms with Crippen LogP contribution in [-0.2, 0) is 4.79 Å². The Bertz CT molecular complexity index is 137. The predicted octanol–water partition coefficient (Wildman–Crippen LogP) is -0.332. The highest BCUT2D eigenvalue weighted by atomic mass is 16.1. The average molecular weight is 96.1 g/mol. The third kappa shape index (κ3) is 0.924. The number of Topliss-reactive ketones (excluding diaryl/α,β-unsaturated/α-hetero) is 1. The molecular weight excluding hydrogens is 92.1 g/mol. The minimum absolute atomic E-state index is 0.0255. The third-order valence-corrected chi connectivity index (χ3v) is 0.614. The summed E-state index contributed by atoms with van der Waals surface area (Å²) >= 11 is 0. The fourth-order valence-electron chi connectivity index (χ4n) is 0.335. The molecule has 0 aliphatic carbocycles. The fourth-order valence-corrected chi connectivity index (χ4v) is 0.335. The Morgan fingerprint density at radius 1 is 1.71 bits per heavy atom. The molecule has 0 amide bonds. The van der Waals surface area contributed by atoms with Gasteiger partial charge in [0.15, 0.2) is 5.78 Å². The van der Waals surface area contributed by atoms with Gasteiger partial charge in [-0.1, -0.05) is 0 Å². The first-order chi connectivity index (χ1) is 3.39. The normalized spacial score (nSPS) is 18.0. The summed E-state index contributed by atoms with van der Waals surface area (Å²) in [5.41, 5.74) is 0. The summed E-state index contributed by atoms with van der Waals surface area (Å²) in [6.07, 6.45) is 2.65. The Hall–Kier alpha value is -0.990. The summed E-state index contributed by atoms with van der Waals surface area (Å²) in [7, 11) is 0. The van der Waals surface area contributed by atoms with Crippen molar-refractivity contribution in [1.29, 1.82) is 0 Å². The second kappa shape index (κ2) is 1.64. The van der Waals surface area contributed by atoms with E-state index in [4.69, 9.17) is 0 Å². The Balaban J connectivity index is 2.66. The molecule has 3 nitrogen and oxygen atoms in total. The van der Waals surface area contributed by atoms with Crippen molar-refractivity contribution in [2.45, 2.75) is 0 Å². The lowest BCUT2D eigenvalue weighted by Crippen LogP contribution is -2.06. The van der Waals surface area contributed by atoms with Crippen LogP contribution in [0.4, 0.5) is 0 Å². The van der Waals surface area contributed by atoms with Crippen molar-refractivity contribution in [3.05, 3.63) is 0 Å². The van der Waals surface area contributed by atoms with Crippen molar-refractivity contribution < 1.29 is 4.79 Å². The van der Waals surface area contributed by atoms with Crippen LogP contribution in [0.2, 0.25) is 0 Å². The number of hydrogen-bond donors (Lipinski definition) is 0. The van der Waals surface area contributed by atoms with E-state index in [1.807, 2.05) is 0 Å². The zero-order chi connectivity index (χ0) is 5.11. The van der Waals surface area contributed by atoms with Crippen LogP contribution in [0.3, 0.4) is 0 Å². The van der Waals surface area contributed by atoms with E-state index in [0.717, 1.165) is 0 Å². The van der Waals surface area contributed by atoms with Crippen LogP contribution in [0.1, 0.15) is 0 Å². The van der Waals surface area contributed by atoms with E-state index in [9.17, 15) is 4.79 Å². The molecule has 0 fully saturated rings. The Kier molecular flexibility index (Phi) is 0.978. The van der Waals surface area contributed by atoms with Gasteiger partial charge in [0.1, 0.15) is 12.9 Å². The van der Waals surface area contributed by atoms with Gasteiger partial charge in [-0.15, -0.1) is 0 Å². The second-order valence-corrected chi connectivity index (χ2v) is 1.20. The molecule has 1 heterocycles. The van der Waals surface area contributed by atoms with Crippen molar-refractivity contribution in [3.8, 4) is 0 Å². The van der Waals surface area contributed by atoms with Crippen molar-refractivity contribution >= 4 is 18.3 Å². The molecule has 0 saturated heterocycles. The average Bonchev–Trinajstić information content (AvgIpc) is 1.69. The van der Waals surface area contributed by atoms with Gasteiger partial charge < -0.3 is 0 Å². The van der Waals surface area contributed by atoms with E-state index in [2.05, 4.69) is 9.98 Å². The van der Waals surface area contributed by atoms with Gasteiger partial charge in [0.05, 0.1) is 6.21 Å².